The van der Waals surface area contributed by atoms with Crippen molar-refractivity contribution in [1.82, 2.24) is 4.98 Å². The van der Waals surface area contributed by atoms with Gasteiger partial charge in [0.1, 0.15) is 5.75 Å². The Hall–Kier alpha value is -2.65. The van der Waals surface area contributed by atoms with Gasteiger partial charge in [0.15, 0.2) is 0 Å². The van der Waals surface area contributed by atoms with Crippen LogP contribution in [0.1, 0.15) is 17.0 Å². The standard InChI is InChI=1S/C20H19NO2/c1-23-19-11-18(12-21-13-19)15-7-9-17(10-8-15)20(14-22)16-5-3-2-4-6-16/h2-13,20,22H,14H2,1H3. The van der Waals surface area contributed by atoms with E-state index >= 15 is 0 Å². The minimum Gasteiger partial charge on any atom is -0.495 e. The molecule has 1 unspecified atom stereocenters. The average Bonchev–Trinajstić information content (AvgIpc) is 2.64. The van der Waals surface area contributed by atoms with Gasteiger partial charge in [-0.05, 0) is 22.8 Å². The minimum atomic E-state index is -0.00585. The lowest BCUT2D eigenvalue weighted by Gasteiger charge is -2.15. The first kappa shape index (κ1) is 15.3. The maximum Gasteiger partial charge on any atom is 0.137 e. The third-order valence-corrected chi connectivity index (χ3v) is 3.98. The highest BCUT2D eigenvalue weighted by Gasteiger charge is 2.12. The van der Waals surface area contributed by atoms with Gasteiger partial charge >= 0.3 is 0 Å². The zero-order valence-corrected chi connectivity index (χ0v) is 13.0. The van der Waals surface area contributed by atoms with E-state index in [1.54, 1.807) is 13.3 Å². The van der Waals surface area contributed by atoms with E-state index < -0.39 is 0 Å². The molecule has 116 valence electrons. The Labute approximate surface area is 136 Å². The molecule has 1 atom stereocenters. The van der Waals surface area contributed by atoms with Crippen LogP contribution in [-0.4, -0.2) is 23.8 Å². The Morgan fingerprint density at radius 3 is 2.26 bits per heavy atom. The van der Waals surface area contributed by atoms with Crippen molar-refractivity contribution >= 4 is 0 Å². The van der Waals surface area contributed by atoms with Crippen molar-refractivity contribution in [2.24, 2.45) is 0 Å². The third-order valence-electron chi connectivity index (χ3n) is 3.98. The Kier molecular flexibility index (Phi) is 4.69. The molecule has 3 heteroatoms. The number of benzene rings is 2. The molecule has 1 N–H and O–H groups in total. The molecule has 23 heavy (non-hydrogen) atoms. The smallest absolute Gasteiger partial charge is 0.137 e. The van der Waals surface area contributed by atoms with Gasteiger partial charge in [-0.2, -0.15) is 0 Å². The van der Waals surface area contributed by atoms with Crippen LogP contribution in [0.4, 0.5) is 0 Å². The van der Waals surface area contributed by atoms with Crippen LogP contribution in [0.5, 0.6) is 5.75 Å². The monoisotopic (exact) mass is 305 g/mol. The number of pyridine rings is 1. The second-order valence-corrected chi connectivity index (χ2v) is 5.38. The van der Waals surface area contributed by atoms with Crippen molar-refractivity contribution in [3.8, 4) is 16.9 Å². The van der Waals surface area contributed by atoms with E-state index in [1.807, 2.05) is 42.6 Å². The van der Waals surface area contributed by atoms with Gasteiger partial charge in [0, 0.05) is 17.7 Å². The Balaban J connectivity index is 1.89. The molecule has 0 saturated heterocycles. The molecule has 2 aromatic carbocycles. The Morgan fingerprint density at radius 1 is 0.913 bits per heavy atom. The number of aromatic nitrogens is 1. The third kappa shape index (κ3) is 3.41. The molecular weight excluding hydrogens is 286 g/mol. The van der Waals surface area contributed by atoms with Gasteiger partial charge in [0.05, 0.1) is 19.9 Å². The zero-order valence-electron chi connectivity index (χ0n) is 13.0. The van der Waals surface area contributed by atoms with E-state index in [-0.39, 0.29) is 12.5 Å². The number of aliphatic hydroxyl groups is 1. The summed E-state index contributed by atoms with van der Waals surface area (Å²) < 4.78 is 5.22. The van der Waals surface area contributed by atoms with Crippen molar-refractivity contribution in [3.05, 3.63) is 84.2 Å². The van der Waals surface area contributed by atoms with Gasteiger partial charge in [0.2, 0.25) is 0 Å². The maximum absolute atomic E-state index is 9.76. The van der Waals surface area contributed by atoms with Gasteiger partial charge in [-0.1, -0.05) is 54.6 Å². The van der Waals surface area contributed by atoms with Crippen LogP contribution in [0.25, 0.3) is 11.1 Å². The van der Waals surface area contributed by atoms with Crippen LogP contribution in [0.2, 0.25) is 0 Å². The molecule has 0 aliphatic rings. The number of nitrogens with zero attached hydrogens (tertiary/aromatic N) is 1. The Morgan fingerprint density at radius 2 is 1.61 bits per heavy atom. The lowest BCUT2D eigenvalue weighted by molar-refractivity contribution is 0.280. The molecule has 3 aromatic rings. The second kappa shape index (κ2) is 7.07. The van der Waals surface area contributed by atoms with Crippen molar-refractivity contribution < 1.29 is 9.84 Å². The van der Waals surface area contributed by atoms with Crippen molar-refractivity contribution in [2.75, 3.05) is 13.7 Å². The summed E-state index contributed by atoms with van der Waals surface area (Å²) in [5, 5.41) is 9.76. The van der Waals surface area contributed by atoms with Gasteiger partial charge < -0.3 is 9.84 Å². The van der Waals surface area contributed by atoms with E-state index in [2.05, 4.69) is 29.2 Å². The second-order valence-electron chi connectivity index (χ2n) is 5.38. The molecule has 0 amide bonds. The molecule has 0 spiro atoms. The molecule has 0 saturated carbocycles. The first-order valence-corrected chi connectivity index (χ1v) is 7.57. The highest BCUT2D eigenvalue weighted by Crippen LogP contribution is 2.28. The fourth-order valence-corrected chi connectivity index (χ4v) is 2.68. The van der Waals surface area contributed by atoms with Gasteiger partial charge in [-0.25, -0.2) is 0 Å². The summed E-state index contributed by atoms with van der Waals surface area (Å²) in [6.07, 6.45) is 3.51. The summed E-state index contributed by atoms with van der Waals surface area (Å²) in [6, 6.07) is 20.2. The number of ether oxygens (including phenoxy) is 1. The number of hydrogen-bond acceptors (Lipinski definition) is 3. The zero-order chi connectivity index (χ0) is 16.1. The number of aliphatic hydroxyl groups excluding tert-OH is 1. The van der Waals surface area contributed by atoms with E-state index in [4.69, 9.17) is 4.74 Å². The molecule has 1 aromatic heterocycles. The molecule has 0 bridgehead atoms. The van der Waals surface area contributed by atoms with Crippen LogP contribution in [0, 0.1) is 0 Å². The van der Waals surface area contributed by atoms with E-state index in [1.165, 1.54) is 0 Å². The number of hydrogen-bond donors (Lipinski definition) is 1. The van der Waals surface area contributed by atoms with Crippen LogP contribution in [0.3, 0.4) is 0 Å². The minimum absolute atomic E-state index is 0.00585. The van der Waals surface area contributed by atoms with Crippen LogP contribution in [-0.2, 0) is 0 Å². The molecule has 0 fully saturated rings. The van der Waals surface area contributed by atoms with Crippen LogP contribution in [0.15, 0.2) is 73.1 Å². The van der Waals surface area contributed by atoms with Gasteiger partial charge in [0.25, 0.3) is 0 Å². The number of methoxy groups -OCH3 is 1. The van der Waals surface area contributed by atoms with Crippen molar-refractivity contribution in [3.63, 3.8) is 0 Å². The summed E-state index contributed by atoms with van der Waals surface area (Å²) in [5.74, 6) is 0.734. The van der Waals surface area contributed by atoms with Crippen LogP contribution < -0.4 is 4.74 Å². The highest BCUT2D eigenvalue weighted by atomic mass is 16.5. The lowest BCUT2D eigenvalue weighted by atomic mass is 9.91. The largest absolute Gasteiger partial charge is 0.495 e. The normalized spacial score (nSPS) is 11.9. The molecular formula is C20H19NO2. The molecule has 3 nitrogen and oxygen atoms in total. The predicted octanol–water partition coefficient (Wildman–Crippen LogP) is 3.88. The summed E-state index contributed by atoms with van der Waals surface area (Å²) in [5.41, 5.74) is 4.30. The summed E-state index contributed by atoms with van der Waals surface area (Å²) in [4.78, 5) is 4.19. The fourth-order valence-electron chi connectivity index (χ4n) is 2.68. The molecule has 3 rings (SSSR count). The first-order valence-electron chi connectivity index (χ1n) is 7.57. The predicted molar refractivity (Wildman–Crippen MR) is 91.6 cm³/mol. The van der Waals surface area contributed by atoms with Gasteiger partial charge in [-0.3, -0.25) is 4.98 Å². The van der Waals surface area contributed by atoms with E-state index in [0.29, 0.717) is 0 Å². The molecule has 0 aliphatic carbocycles. The topological polar surface area (TPSA) is 42.4 Å². The SMILES string of the molecule is COc1cncc(-c2ccc(C(CO)c3ccccc3)cc2)c1. The fraction of sp³-hybridized carbons (Fsp3) is 0.150. The molecule has 0 radical (unpaired) electrons. The molecule has 0 aliphatic heterocycles. The lowest BCUT2D eigenvalue weighted by Crippen LogP contribution is -2.05. The van der Waals surface area contributed by atoms with Crippen LogP contribution >= 0.6 is 0 Å². The maximum atomic E-state index is 9.76. The van der Waals surface area contributed by atoms with Gasteiger partial charge in [-0.15, -0.1) is 0 Å². The van der Waals surface area contributed by atoms with Crippen molar-refractivity contribution in [1.29, 1.82) is 0 Å². The summed E-state index contributed by atoms with van der Waals surface area (Å²) in [7, 11) is 1.63. The quantitative estimate of drug-likeness (QED) is 0.778. The number of rotatable bonds is 5. The summed E-state index contributed by atoms with van der Waals surface area (Å²) >= 11 is 0. The van der Waals surface area contributed by atoms with E-state index in [0.717, 1.165) is 28.0 Å². The molecule has 1 heterocycles. The average molecular weight is 305 g/mol. The highest BCUT2D eigenvalue weighted by molar-refractivity contribution is 5.64. The summed E-state index contributed by atoms with van der Waals surface area (Å²) in [6.45, 7) is 0.0874. The first-order chi connectivity index (χ1) is 11.3. The van der Waals surface area contributed by atoms with E-state index in [9.17, 15) is 5.11 Å². The Bertz CT molecular complexity index is 754. The van der Waals surface area contributed by atoms with Crippen molar-refractivity contribution in [2.45, 2.75) is 5.92 Å².